The van der Waals surface area contributed by atoms with Crippen LogP contribution in [0.3, 0.4) is 0 Å². The number of aryl methyl sites for hydroxylation is 1. The van der Waals surface area contributed by atoms with E-state index in [4.69, 9.17) is 0 Å². The van der Waals surface area contributed by atoms with Crippen molar-refractivity contribution in [2.45, 2.75) is 65.8 Å². The molecule has 0 aliphatic rings. The van der Waals surface area contributed by atoms with Gasteiger partial charge in [0.2, 0.25) is 0 Å². The van der Waals surface area contributed by atoms with Crippen LogP contribution in [0.1, 0.15) is 64.5 Å². The average molecular weight is 261 g/mol. The minimum absolute atomic E-state index is 0.189. The molecular formula is C18H31N. The summed E-state index contributed by atoms with van der Waals surface area (Å²) >= 11 is 0. The topological polar surface area (TPSA) is 12.0 Å². The fourth-order valence-corrected chi connectivity index (χ4v) is 2.62. The smallest absolute Gasteiger partial charge is 0.00967 e. The van der Waals surface area contributed by atoms with Crippen LogP contribution in [0, 0.1) is 12.8 Å². The van der Waals surface area contributed by atoms with Gasteiger partial charge in [-0.3, -0.25) is 0 Å². The molecule has 0 aliphatic heterocycles. The number of nitrogens with one attached hydrogen (secondary N) is 1. The van der Waals surface area contributed by atoms with E-state index >= 15 is 0 Å². The Balaban J connectivity index is 2.85. The largest absolute Gasteiger partial charge is 0.311 e. The third-order valence-electron chi connectivity index (χ3n) is 3.75. The van der Waals surface area contributed by atoms with Gasteiger partial charge < -0.3 is 5.32 Å². The first kappa shape index (κ1) is 16.2. The summed E-state index contributed by atoms with van der Waals surface area (Å²) in [5.74, 6) is 1.33. The normalized spacial score (nSPS) is 15.3. The highest BCUT2D eigenvalue weighted by molar-refractivity contribution is 5.26. The highest BCUT2D eigenvalue weighted by atomic mass is 14.9. The summed E-state index contributed by atoms with van der Waals surface area (Å²) in [5.41, 5.74) is 3.04. The zero-order valence-corrected chi connectivity index (χ0v) is 13.6. The van der Waals surface area contributed by atoms with Crippen LogP contribution in [-0.4, -0.2) is 12.1 Å². The molecule has 0 amide bonds. The Kier molecular flexibility index (Phi) is 6.06. The van der Waals surface area contributed by atoms with Gasteiger partial charge in [0.25, 0.3) is 0 Å². The molecule has 1 aromatic carbocycles. The van der Waals surface area contributed by atoms with Gasteiger partial charge in [-0.1, -0.05) is 56.5 Å². The minimum Gasteiger partial charge on any atom is -0.311 e. The maximum atomic E-state index is 3.68. The van der Waals surface area contributed by atoms with E-state index in [2.05, 4.69) is 71.1 Å². The quantitative estimate of drug-likeness (QED) is 0.767. The summed E-state index contributed by atoms with van der Waals surface area (Å²) in [5, 5.41) is 3.68. The van der Waals surface area contributed by atoms with E-state index in [0.717, 1.165) is 12.5 Å². The first-order valence-corrected chi connectivity index (χ1v) is 7.65. The Morgan fingerprint density at radius 3 is 2.42 bits per heavy atom. The van der Waals surface area contributed by atoms with Crippen molar-refractivity contribution in [3.05, 3.63) is 35.4 Å². The zero-order valence-electron chi connectivity index (χ0n) is 13.6. The van der Waals surface area contributed by atoms with E-state index in [1.165, 1.54) is 24.0 Å². The lowest BCUT2D eigenvalue weighted by Crippen LogP contribution is -2.39. The van der Waals surface area contributed by atoms with Crippen molar-refractivity contribution in [2.24, 2.45) is 5.92 Å². The fourth-order valence-electron chi connectivity index (χ4n) is 2.62. The molecule has 108 valence electrons. The molecule has 0 radical (unpaired) electrons. The standard InChI is InChI=1S/C18H31N/c1-7-9-15(3)17(13-19-18(4,5)6)16-11-8-10-14(2)12-16/h8,10-12,15,17,19H,7,9,13H2,1-6H3. The molecule has 0 spiro atoms. The van der Waals surface area contributed by atoms with Crippen molar-refractivity contribution in [2.75, 3.05) is 6.54 Å². The molecule has 0 aliphatic carbocycles. The summed E-state index contributed by atoms with van der Waals surface area (Å²) in [6.07, 6.45) is 2.56. The third-order valence-corrected chi connectivity index (χ3v) is 3.75. The summed E-state index contributed by atoms with van der Waals surface area (Å²) in [6, 6.07) is 9.00. The van der Waals surface area contributed by atoms with Crippen LogP contribution in [0.25, 0.3) is 0 Å². The van der Waals surface area contributed by atoms with Crippen LogP contribution < -0.4 is 5.32 Å². The minimum atomic E-state index is 0.189. The monoisotopic (exact) mass is 261 g/mol. The maximum absolute atomic E-state index is 3.68. The van der Waals surface area contributed by atoms with E-state index in [1.54, 1.807) is 0 Å². The lowest BCUT2D eigenvalue weighted by molar-refractivity contribution is 0.348. The van der Waals surface area contributed by atoms with Crippen LogP contribution in [0.2, 0.25) is 0 Å². The average Bonchev–Trinajstić information content (AvgIpc) is 2.28. The van der Waals surface area contributed by atoms with Gasteiger partial charge in [0.05, 0.1) is 0 Å². The van der Waals surface area contributed by atoms with Gasteiger partial charge in [-0.2, -0.15) is 0 Å². The van der Waals surface area contributed by atoms with E-state index < -0.39 is 0 Å². The Morgan fingerprint density at radius 1 is 1.21 bits per heavy atom. The fraction of sp³-hybridized carbons (Fsp3) is 0.667. The molecule has 1 aromatic rings. The van der Waals surface area contributed by atoms with E-state index in [9.17, 15) is 0 Å². The second-order valence-corrected chi connectivity index (χ2v) is 6.92. The summed E-state index contributed by atoms with van der Waals surface area (Å²) in [4.78, 5) is 0. The van der Waals surface area contributed by atoms with Crippen LogP contribution in [-0.2, 0) is 0 Å². The van der Waals surface area contributed by atoms with Crippen LogP contribution in [0.5, 0.6) is 0 Å². The predicted molar refractivity (Wildman–Crippen MR) is 85.7 cm³/mol. The van der Waals surface area contributed by atoms with Gasteiger partial charge in [0, 0.05) is 12.1 Å². The third kappa shape index (κ3) is 5.78. The molecule has 1 nitrogen and oxygen atoms in total. The number of hydrogen-bond donors (Lipinski definition) is 1. The van der Waals surface area contributed by atoms with Crippen molar-refractivity contribution in [3.8, 4) is 0 Å². The lowest BCUT2D eigenvalue weighted by Gasteiger charge is -2.29. The van der Waals surface area contributed by atoms with Crippen molar-refractivity contribution in [1.82, 2.24) is 5.32 Å². The maximum Gasteiger partial charge on any atom is 0.00967 e. The molecule has 0 saturated carbocycles. The van der Waals surface area contributed by atoms with Crippen LogP contribution in [0.4, 0.5) is 0 Å². The summed E-state index contributed by atoms with van der Waals surface area (Å²) in [6.45, 7) is 14.6. The molecule has 2 unspecified atom stereocenters. The van der Waals surface area contributed by atoms with Gasteiger partial charge in [-0.05, 0) is 45.1 Å². The van der Waals surface area contributed by atoms with Gasteiger partial charge >= 0.3 is 0 Å². The number of hydrogen-bond acceptors (Lipinski definition) is 1. The lowest BCUT2D eigenvalue weighted by atomic mass is 9.83. The molecule has 0 aromatic heterocycles. The molecule has 1 N–H and O–H groups in total. The van der Waals surface area contributed by atoms with E-state index in [1.807, 2.05) is 0 Å². The van der Waals surface area contributed by atoms with Crippen molar-refractivity contribution < 1.29 is 0 Å². The Bertz CT molecular complexity index is 376. The Hall–Kier alpha value is -0.820. The van der Waals surface area contributed by atoms with Crippen molar-refractivity contribution in [1.29, 1.82) is 0 Å². The molecule has 0 bridgehead atoms. The van der Waals surface area contributed by atoms with Gasteiger partial charge in [-0.15, -0.1) is 0 Å². The predicted octanol–water partition coefficient (Wildman–Crippen LogP) is 4.90. The second kappa shape index (κ2) is 7.09. The molecule has 0 fully saturated rings. The first-order chi connectivity index (χ1) is 8.83. The number of benzene rings is 1. The highest BCUT2D eigenvalue weighted by Gasteiger charge is 2.21. The van der Waals surface area contributed by atoms with Gasteiger partial charge in [0.15, 0.2) is 0 Å². The van der Waals surface area contributed by atoms with Crippen molar-refractivity contribution in [3.63, 3.8) is 0 Å². The zero-order chi connectivity index (χ0) is 14.5. The first-order valence-electron chi connectivity index (χ1n) is 7.65. The SMILES string of the molecule is CCCC(C)C(CNC(C)(C)C)c1cccc(C)c1. The van der Waals surface area contributed by atoms with Gasteiger partial charge in [-0.25, -0.2) is 0 Å². The number of rotatable bonds is 6. The highest BCUT2D eigenvalue weighted by Crippen LogP contribution is 2.28. The van der Waals surface area contributed by atoms with Gasteiger partial charge in [0.1, 0.15) is 0 Å². The molecule has 1 heteroatoms. The van der Waals surface area contributed by atoms with E-state index in [0.29, 0.717) is 5.92 Å². The summed E-state index contributed by atoms with van der Waals surface area (Å²) in [7, 11) is 0. The van der Waals surface area contributed by atoms with E-state index in [-0.39, 0.29) is 5.54 Å². The molecule has 0 saturated heterocycles. The summed E-state index contributed by atoms with van der Waals surface area (Å²) < 4.78 is 0. The Morgan fingerprint density at radius 2 is 1.89 bits per heavy atom. The molecule has 2 atom stereocenters. The molecule has 19 heavy (non-hydrogen) atoms. The van der Waals surface area contributed by atoms with Crippen LogP contribution in [0.15, 0.2) is 24.3 Å². The second-order valence-electron chi connectivity index (χ2n) is 6.92. The molecule has 1 rings (SSSR count). The van der Waals surface area contributed by atoms with Crippen LogP contribution >= 0.6 is 0 Å². The van der Waals surface area contributed by atoms with Crippen molar-refractivity contribution >= 4 is 0 Å². The molecule has 0 heterocycles. The Labute approximate surface area is 119 Å². The molecular weight excluding hydrogens is 230 g/mol.